The van der Waals surface area contributed by atoms with Gasteiger partial charge in [0.1, 0.15) is 12.6 Å². The van der Waals surface area contributed by atoms with Crippen molar-refractivity contribution in [2.24, 2.45) is 0 Å². The Morgan fingerprint density at radius 3 is 2.04 bits per heavy atom. The van der Waals surface area contributed by atoms with Crippen LogP contribution in [0.5, 0.6) is 0 Å². The number of nitrogens with one attached hydrogen (secondary N) is 1. The van der Waals surface area contributed by atoms with Gasteiger partial charge in [-0.1, -0.05) is 117 Å². The number of hydrogen-bond acceptors (Lipinski definition) is 4. The third-order valence-corrected chi connectivity index (χ3v) is 10.8. The Labute approximate surface area is 279 Å². The number of aryl methyl sites for hydroxylation is 2. The number of anilines is 1. The Morgan fingerprint density at radius 1 is 0.787 bits per heavy atom. The highest BCUT2D eigenvalue weighted by atomic mass is 32.2. The van der Waals surface area contributed by atoms with E-state index in [2.05, 4.69) is 5.32 Å². The maximum absolute atomic E-state index is 14.8. The molecule has 1 N–H and O–H groups in total. The quantitative estimate of drug-likeness (QED) is 0.172. The number of carbonyl (C=O) groups is 2. The number of para-hydroxylation sites is 1. The zero-order valence-electron chi connectivity index (χ0n) is 27.3. The second-order valence-corrected chi connectivity index (χ2v) is 14.2. The van der Waals surface area contributed by atoms with Gasteiger partial charge in [0.15, 0.2) is 0 Å². The first-order valence-electron chi connectivity index (χ1n) is 16.6. The number of carbonyl (C=O) groups excluding carboxylic acids is 2. The van der Waals surface area contributed by atoms with Crippen LogP contribution in [-0.2, 0) is 39.0 Å². The van der Waals surface area contributed by atoms with Gasteiger partial charge in [-0.05, 0) is 66.6 Å². The van der Waals surface area contributed by atoms with Gasteiger partial charge in [0, 0.05) is 19.0 Å². The van der Waals surface area contributed by atoms with Gasteiger partial charge in [-0.2, -0.15) is 0 Å². The molecule has 0 radical (unpaired) electrons. The third-order valence-electron chi connectivity index (χ3n) is 9.08. The van der Waals surface area contributed by atoms with E-state index in [1.54, 1.807) is 47.4 Å². The standard InChI is InChI=1S/C39H45N3O4S/c1-3-32-20-15-16-26-36(32)42(47(45,46)35-24-11-6-12-25-35)29-38(43)41(28-33-21-14-13-17-30(33)2)37(27-31-18-7-4-8-19-31)39(44)40-34-22-9-5-10-23-34/h4,6-8,11-21,24-26,34,37H,3,5,9-10,22-23,27-29H2,1-2H3,(H,40,44)/t37-/m0/s1. The third kappa shape index (κ3) is 8.49. The highest BCUT2D eigenvalue weighted by Crippen LogP contribution is 2.29. The monoisotopic (exact) mass is 651 g/mol. The smallest absolute Gasteiger partial charge is 0.264 e. The molecule has 0 spiro atoms. The van der Waals surface area contributed by atoms with Crippen LogP contribution < -0.4 is 9.62 Å². The van der Waals surface area contributed by atoms with Gasteiger partial charge in [-0.3, -0.25) is 13.9 Å². The van der Waals surface area contributed by atoms with Gasteiger partial charge in [0.25, 0.3) is 10.0 Å². The molecule has 2 amide bonds. The molecule has 1 atom stereocenters. The molecule has 0 saturated heterocycles. The Bertz CT molecular complexity index is 1740. The van der Waals surface area contributed by atoms with Crippen molar-refractivity contribution in [1.29, 1.82) is 0 Å². The summed E-state index contributed by atoms with van der Waals surface area (Å²) in [4.78, 5) is 30.8. The molecule has 0 bridgehead atoms. The maximum atomic E-state index is 14.8. The summed E-state index contributed by atoms with van der Waals surface area (Å²) in [7, 11) is -4.14. The van der Waals surface area contributed by atoms with E-state index in [0.717, 1.165) is 54.4 Å². The van der Waals surface area contributed by atoms with E-state index in [1.807, 2.05) is 80.6 Å². The minimum Gasteiger partial charge on any atom is -0.352 e. The molecule has 1 fully saturated rings. The van der Waals surface area contributed by atoms with Crippen LogP contribution in [0.1, 0.15) is 61.3 Å². The Morgan fingerprint density at radius 2 is 1.38 bits per heavy atom. The zero-order chi connectivity index (χ0) is 33.2. The number of nitrogens with zero attached hydrogens (tertiary/aromatic N) is 2. The van der Waals surface area contributed by atoms with E-state index in [0.29, 0.717) is 18.5 Å². The first-order chi connectivity index (χ1) is 22.8. The van der Waals surface area contributed by atoms with Crippen LogP contribution in [0.3, 0.4) is 0 Å². The number of rotatable bonds is 13. The van der Waals surface area contributed by atoms with Crippen molar-refractivity contribution in [2.45, 2.75) is 82.3 Å². The van der Waals surface area contributed by atoms with Crippen LogP contribution in [-0.4, -0.2) is 43.8 Å². The Balaban J connectivity index is 1.58. The van der Waals surface area contributed by atoms with E-state index in [9.17, 15) is 18.0 Å². The van der Waals surface area contributed by atoms with Crippen molar-refractivity contribution >= 4 is 27.5 Å². The molecule has 0 unspecified atom stereocenters. The van der Waals surface area contributed by atoms with Gasteiger partial charge in [0.05, 0.1) is 10.6 Å². The predicted octanol–water partition coefficient (Wildman–Crippen LogP) is 6.84. The average Bonchev–Trinajstić information content (AvgIpc) is 3.10. The summed E-state index contributed by atoms with van der Waals surface area (Å²) in [5.74, 6) is -0.660. The van der Waals surface area contributed by atoms with E-state index >= 15 is 0 Å². The molecule has 0 aromatic heterocycles. The molecule has 1 saturated carbocycles. The lowest BCUT2D eigenvalue weighted by atomic mass is 9.94. The van der Waals surface area contributed by atoms with Crippen LogP contribution in [0.25, 0.3) is 0 Å². The van der Waals surface area contributed by atoms with Gasteiger partial charge in [-0.25, -0.2) is 8.42 Å². The van der Waals surface area contributed by atoms with Crippen molar-refractivity contribution in [1.82, 2.24) is 10.2 Å². The highest BCUT2D eigenvalue weighted by Gasteiger charge is 2.36. The molecule has 7 nitrogen and oxygen atoms in total. The number of amides is 2. The molecule has 8 heteroatoms. The number of hydrogen-bond donors (Lipinski definition) is 1. The first kappa shape index (κ1) is 33.9. The Kier molecular flexibility index (Phi) is 11.5. The minimum absolute atomic E-state index is 0.0522. The number of benzene rings is 4. The molecular formula is C39H45N3O4S. The molecule has 5 rings (SSSR count). The SMILES string of the molecule is CCc1ccccc1N(CC(=O)N(Cc1ccccc1C)[C@@H](Cc1ccccc1)C(=O)NC1CCCCC1)S(=O)(=O)c1ccccc1. The van der Waals surface area contributed by atoms with E-state index in [4.69, 9.17) is 0 Å². The molecule has 1 aliphatic carbocycles. The summed E-state index contributed by atoms with van der Waals surface area (Å²) >= 11 is 0. The lowest BCUT2D eigenvalue weighted by Gasteiger charge is -2.35. The topological polar surface area (TPSA) is 86.8 Å². The van der Waals surface area contributed by atoms with Crippen molar-refractivity contribution in [3.05, 3.63) is 131 Å². The first-order valence-corrected chi connectivity index (χ1v) is 18.1. The fourth-order valence-corrected chi connectivity index (χ4v) is 7.83. The second kappa shape index (κ2) is 15.9. The van der Waals surface area contributed by atoms with E-state index in [1.165, 1.54) is 4.31 Å². The van der Waals surface area contributed by atoms with Crippen molar-refractivity contribution in [2.75, 3.05) is 10.8 Å². The lowest BCUT2D eigenvalue weighted by Crippen LogP contribution is -2.55. The van der Waals surface area contributed by atoms with E-state index < -0.39 is 28.5 Å². The van der Waals surface area contributed by atoms with Crippen molar-refractivity contribution < 1.29 is 18.0 Å². The maximum Gasteiger partial charge on any atom is 0.264 e. The fraction of sp³-hybridized carbons (Fsp3) is 0.333. The molecule has 246 valence electrons. The summed E-state index contributed by atoms with van der Waals surface area (Å²) in [6.07, 6.45) is 5.97. The van der Waals surface area contributed by atoms with Crippen molar-refractivity contribution in [3.8, 4) is 0 Å². The van der Waals surface area contributed by atoms with Crippen LogP contribution in [0, 0.1) is 6.92 Å². The molecule has 4 aromatic rings. The predicted molar refractivity (Wildman–Crippen MR) is 187 cm³/mol. The molecule has 47 heavy (non-hydrogen) atoms. The summed E-state index contributed by atoms with van der Waals surface area (Å²) in [6, 6.07) is 32.2. The van der Waals surface area contributed by atoms with Crippen LogP contribution in [0.4, 0.5) is 5.69 Å². The van der Waals surface area contributed by atoms with Crippen molar-refractivity contribution in [3.63, 3.8) is 0 Å². The molecule has 1 aliphatic rings. The van der Waals surface area contributed by atoms with Crippen LogP contribution in [0.2, 0.25) is 0 Å². The summed E-state index contributed by atoms with van der Waals surface area (Å²) < 4.78 is 29.8. The highest BCUT2D eigenvalue weighted by molar-refractivity contribution is 7.92. The molecule has 4 aromatic carbocycles. The lowest BCUT2D eigenvalue weighted by molar-refractivity contribution is -0.140. The molecule has 0 aliphatic heterocycles. The molecular weight excluding hydrogens is 607 g/mol. The zero-order valence-corrected chi connectivity index (χ0v) is 28.2. The summed E-state index contributed by atoms with van der Waals surface area (Å²) in [5.41, 5.74) is 4.07. The van der Waals surface area contributed by atoms with Crippen LogP contribution in [0.15, 0.2) is 114 Å². The fourth-order valence-electron chi connectivity index (χ4n) is 6.36. The van der Waals surface area contributed by atoms with Gasteiger partial charge in [-0.15, -0.1) is 0 Å². The minimum atomic E-state index is -4.14. The summed E-state index contributed by atoms with van der Waals surface area (Å²) in [6.45, 7) is 3.65. The normalized spacial score (nSPS) is 14.3. The van der Waals surface area contributed by atoms with Gasteiger partial charge >= 0.3 is 0 Å². The van der Waals surface area contributed by atoms with Gasteiger partial charge in [0.2, 0.25) is 11.8 Å². The largest absolute Gasteiger partial charge is 0.352 e. The number of sulfonamides is 1. The van der Waals surface area contributed by atoms with Crippen LogP contribution >= 0.6 is 0 Å². The average molecular weight is 652 g/mol. The second-order valence-electron chi connectivity index (χ2n) is 12.3. The Hall–Kier alpha value is -4.43. The van der Waals surface area contributed by atoms with Gasteiger partial charge < -0.3 is 10.2 Å². The molecule has 0 heterocycles. The summed E-state index contributed by atoms with van der Waals surface area (Å²) in [5, 5.41) is 3.27. The van der Waals surface area contributed by atoms with E-state index in [-0.39, 0.29) is 23.4 Å².